The fourth-order valence-corrected chi connectivity index (χ4v) is 25.0. The van der Waals surface area contributed by atoms with Crippen molar-refractivity contribution in [3.8, 4) is 23.7 Å². The van der Waals surface area contributed by atoms with Gasteiger partial charge in [-0.05, 0) is 222 Å². The second-order valence-corrected chi connectivity index (χ2v) is 30.8. The quantitative estimate of drug-likeness (QED) is 0.0796. The van der Waals surface area contributed by atoms with Gasteiger partial charge < -0.3 is 45.1 Å². The van der Waals surface area contributed by atoms with Crippen molar-refractivity contribution >= 4 is 12.3 Å². The van der Waals surface area contributed by atoms with Crippen LogP contribution in [0.5, 0.6) is 0 Å². The molecule has 3 aromatic carbocycles. The van der Waals surface area contributed by atoms with Gasteiger partial charge in [0.15, 0.2) is 0 Å². The number of aliphatic hydroxyl groups is 5. The molecule has 2 spiro atoms. The number of nitrogens with one attached hydrogen (secondary N) is 1. The second kappa shape index (κ2) is 19.9. The number of rotatable bonds is 6. The van der Waals surface area contributed by atoms with Crippen LogP contribution in [0.2, 0.25) is 0 Å². The number of aliphatic hydroxyl groups excluding tert-OH is 2. The maximum atomic E-state index is 16.0. The van der Waals surface area contributed by atoms with Gasteiger partial charge in [0.2, 0.25) is 0 Å². The molecule has 24 atom stereocenters. The number of carbonyl (C=O) groups is 2. The topological polar surface area (TPSA) is 166 Å². The number of fused-ring (bicyclic) bond motifs is 12. The molecule has 0 amide bonds. The maximum Gasteiger partial charge on any atom is 0.331 e. The fraction of sp³-hybridized carbons (Fsp3) is 0.653. The molecule has 11 aliphatic carbocycles. The Morgan fingerprint density at radius 2 is 1.60 bits per heavy atom. The smallest absolute Gasteiger partial charge is 0.331 e. The van der Waals surface area contributed by atoms with Crippen LogP contribution in [0.3, 0.4) is 0 Å². The third kappa shape index (κ3) is 7.52. The van der Waals surface area contributed by atoms with E-state index in [2.05, 4.69) is 90.5 Å². The monoisotopic (exact) mass is 1150 g/mol. The van der Waals surface area contributed by atoms with Crippen molar-refractivity contribution in [3.05, 3.63) is 118 Å². The minimum Gasteiger partial charge on any atom is -0.454 e. The Bertz CT molecular complexity index is 3360. The molecule has 85 heavy (non-hydrogen) atoms. The number of esters is 1. The predicted octanol–water partition coefficient (Wildman–Crippen LogP) is 9.45. The summed E-state index contributed by atoms with van der Waals surface area (Å²) in [6.07, 6.45) is 15.9. The third-order valence-electron chi connectivity index (χ3n) is 28.2. The average molecular weight is 1150 g/mol. The first-order chi connectivity index (χ1) is 41.2. The van der Waals surface area contributed by atoms with Gasteiger partial charge in [0.05, 0.1) is 42.0 Å². The number of likely N-dealkylation sites (N-methyl/N-ethyl adjacent to an activating group) is 1. The van der Waals surface area contributed by atoms with E-state index in [4.69, 9.17) is 9.47 Å². The van der Waals surface area contributed by atoms with E-state index in [1.54, 1.807) is 6.08 Å². The highest BCUT2D eigenvalue weighted by molar-refractivity contribution is 5.87. The standard InChI is InChI=1S/C75H89NO9/c1-44-50-21-20-48(28-50)26-46-13-8-14-47(25-46)29-59-32-56-31-55-36-69(56)41-70(42-78)67-53(18-10-17-52(55)27-45-11-4-3-5-12-45)37-71-24-7-6-15-49-16-9-19-54(40-77)60(49)34-64(76-2)61-33-57(72(71,43-79)63-35-65(80)85-66(61)63)39-74(71,82)73(67,81)38-58-30-51(44)22-23-62(68(69)84-59)75(58,70)83/h3-5,8-9,11-14,16,19,25,35,42,44,48,50-53,55-59,61-62,64,66-68,76-77,79,81-83H,7,17,20-24,26-34,36-41,43H2,1-2H3. The van der Waals surface area contributed by atoms with E-state index >= 15 is 20.1 Å². The van der Waals surface area contributed by atoms with Crippen molar-refractivity contribution < 1.29 is 44.6 Å². The van der Waals surface area contributed by atoms with E-state index in [-0.39, 0.29) is 86.7 Å². The lowest BCUT2D eigenvalue weighted by molar-refractivity contribution is -0.375. The summed E-state index contributed by atoms with van der Waals surface area (Å²) in [7, 11) is 1.93. The number of benzene rings is 3. The molecule has 0 radical (unpaired) electrons. The number of hydrogen-bond acceptors (Lipinski definition) is 10. The van der Waals surface area contributed by atoms with Crippen molar-refractivity contribution in [1.82, 2.24) is 5.32 Å². The maximum absolute atomic E-state index is 16.0. The van der Waals surface area contributed by atoms with Crippen LogP contribution < -0.4 is 5.32 Å². The molecule has 14 aliphatic rings. The van der Waals surface area contributed by atoms with E-state index < -0.39 is 80.1 Å². The second-order valence-electron chi connectivity index (χ2n) is 30.8. The van der Waals surface area contributed by atoms with Gasteiger partial charge in [-0.3, -0.25) is 0 Å². The van der Waals surface area contributed by atoms with Gasteiger partial charge in [-0.15, -0.1) is 5.92 Å². The Balaban J connectivity index is 0.935. The average Bonchev–Trinajstić information content (AvgIpc) is 1.67. The molecule has 24 unspecified atom stereocenters. The Morgan fingerprint density at radius 3 is 2.41 bits per heavy atom. The van der Waals surface area contributed by atoms with E-state index in [0.29, 0.717) is 61.9 Å². The zero-order chi connectivity index (χ0) is 58.0. The molecule has 3 heterocycles. The third-order valence-corrected chi connectivity index (χ3v) is 28.2. The first-order valence-electron chi connectivity index (χ1n) is 33.5. The molecule has 8 saturated carbocycles. The minimum atomic E-state index is -1.98. The van der Waals surface area contributed by atoms with Crippen LogP contribution in [-0.4, -0.2) is 92.6 Å². The lowest BCUT2D eigenvalue weighted by atomic mass is 9.31. The van der Waals surface area contributed by atoms with Crippen molar-refractivity contribution in [2.45, 2.75) is 190 Å². The van der Waals surface area contributed by atoms with E-state index in [0.717, 1.165) is 87.2 Å². The fourth-order valence-electron chi connectivity index (χ4n) is 25.0. The van der Waals surface area contributed by atoms with Crippen molar-refractivity contribution in [1.29, 1.82) is 0 Å². The summed E-state index contributed by atoms with van der Waals surface area (Å²) in [4.78, 5) is 30.3. The highest BCUT2D eigenvalue weighted by Crippen LogP contribution is 2.84. The van der Waals surface area contributed by atoms with Gasteiger partial charge in [0.1, 0.15) is 18.0 Å². The molecular weight excluding hydrogens is 1060 g/mol. The Morgan fingerprint density at radius 1 is 0.800 bits per heavy atom. The first-order valence-corrected chi connectivity index (χ1v) is 33.5. The molecule has 10 heteroatoms. The Kier molecular flexibility index (Phi) is 13.1. The molecule has 9 fully saturated rings. The molecule has 1 saturated heterocycles. The SMILES string of the molecule is CNC1Cc2c(cccc2CO)C#CCCC23CC4C#CCC(Cc5ccccc5)C5CC6CC7Cc8cccc(c8)CC8CCC(C8)C(C)C8CCC9C(O7)C6(C5)CC5(C=O)C4C(O)(CC(C8)C95O)C2(O)CC2CC1C1OC(=O)C=C1C23CO. The first kappa shape index (κ1) is 55.7. The molecule has 3 aliphatic heterocycles. The summed E-state index contributed by atoms with van der Waals surface area (Å²) in [6, 6.07) is 25.8. The predicted molar refractivity (Wildman–Crippen MR) is 321 cm³/mol. The van der Waals surface area contributed by atoms with E-state index in [9.17, 15) is 15.0 Å². The molecule has 3 aromatic rings. The van der Waals surface area contributed by atoms with Crippen LogP contribution in [0, 0.1) is 122 Å². The lowest BCUT2D eigenvalue weighted by Crippen LogP contribution is -2.84. The van der Waals surface area contributed by atoms with Gasteiger partial charge in [-0.2, -0.15) is 0 Å². The number of hydrogen-bond donors (Lipinski definition) is 6. The van der Waals surface area contributed by atoms with Crippen molar-refractivity contribution in [2.24, 2.45) is 98.6 Å². The van der Waals surface area contributed by atoms with Crippen LogP contribution in [0.25, 0.3) is 0 Å². The molecule has 0 aromatic heterocycles. The van der Waals surface area contributed by atoms with Gasteiger partial charge in [-0.1, -0.05) is 91.4 Å². The highest BCUT2D eigenvalue weighted by atomic mass is 16.5. The highest BCUT2D eigenvalue weighted by Gasteiger charge is 2.89. The van der Waals surface area contributed by atoms with Crippen LogP contribution in [0.4, 0.5) is 0 Å². The molecular formula is C75H89NO9. The summed E-state index contributed by atoms with van der Waals surface area (Å²) in [5.41, 5.74) is -2.82. The molecule has 17 rings (SSSR count). The van der Waals surface area contributed by atoms with Gasteiger partial charge in [0.25, 0.3) is 0 Å². The van der Waals surface area contributed by atoms with Crippen molar-refractivity contribution in [3.63, 3.8) is 0 Å². The molecule has 15 bridgehead atoms. The molecule has 448 valence electrons. The summed E-state index contributed by atoms with van der Waals surface area (Å²) in [5.74, 6) is 13.5. The van der Waals surface area contributed by atoms with E-state index in [1.165, 1.54) is 23.1 Å². The van der Waals surface area contributed by atoms with Crippen LogP contribution in [0.1, 0.15) is 149 Å². The Labute approximate surface area is 503 Å². The van der Waals surface area contributed by atoms with Crippen LogP contribution in [-0.2, 0) is 51.4 Å². The van der Waals surface area contributed by atoms with E-state index in [1.807, 2.05) is 25.2 Å². The number of carbonyl (C=O) groups excluding carboxylic acids is 2. The zero-order valence-corrected chi connectivity index (χ0v) is 50.0. The number of aldehydes is 1. The summed E-state index contributed by atoms with van der Waals surface area (Å²) >= 11 is 0. The van der Waals surface area contributed by atoms with Gasteiger partial charge in [0, 0.05) is 70.4 Å². The molecule has 6 N–H and O–H groups in total. The van der Waals surface area contributed by atoms with Crippen molar-refractivity contribution in [2.75, 3.05) is 13.7 Å². The molecule has 10 nitrogen and oxygen atoms in total. The number of ether oxygens (including phenoxy) is 2. The summed E-state index contributed by atoms with van der Waals surface area (Å²) in [5, 5.41) is 73.6. The summed E-state index contributed by atoms with van der Waals surface area (Å²) in [6.45, 7) is 1.94. The Hall–Kier alpha value is -4.62. The minimum absolute atomic E-state index is 0.0599. The van der Waals surface area contributed by atoms with Crippen LogP contribution >= 0.6 is 0 Å². The van der Waals surface area contributed by atoms with Gasteiger partial charge >= 0.3 is 5.97 Å². The lowest BCUT2D eigenvalue weighted by Gasteiger charge is -2.76. The van der Waals surface area contributed by atoms with Crippen LogP contribution in [0.15, 0.2) is 84.4 Å². The normalized spacial score (nSPS) is 48.3. The zero-order valence-electron chi connectivity index (χ0n) is 50.0. The largest absolute Gasteiger partial charge is 0.454 e. The van der Waals surface area contributed by atoms with Gasteiger partial charge in [-0.25, -0.2) is 4.79 Å². The summed E-state index contributed by atoms with van der Waals surface area (Å²) < 4.78 is 14.5.